The molecule has 2 heterocycles. The molecule has 2 atom stereocenters. The molecule has 0 radical (unpaired) electrons. The summed E-state index contributed by atoms with van der Waals surface area (Å²) in [5.41, 5.74) is 0.892. The number of hydrogen-bond donors (Lipinski definition) is 1. The number of carbonyl (C=O) groups is 1. The maximum absolute atomic E-state index is 13.2. The first-order chi connectivity index (χ1) is 11.1. The Morgan fingerprint density at radius 3 is 2.57 bits per heavy atom. The van der Waals surface area contributed by atoms with Gasteiger partial charge in [-0.1, -0.05) is 12.1 Å². The van der Waals surface area contributed by atoms with Crippen molar-refractivity contribution in [1.82, 2.24) is 5.32 Å². The second-order valence-electron chi connectivity index (χ2n) is 6.59. The minimum Gasteiger partial charge on any atom is -0.381 e. The smallest absolute Gasteiger partial charge is 0.225 e. The third-order valence-electron chi connectivity index (χ3n) is 5.22. The van der Waals surface area contributed by atoms with Crippen molar-refractivity contribution < 1.29 is 18.7 Å². The molecule has 0 saturated carbocycles. The molecule has 0 bridgehead atoms. The van der Waals surface area contributed by atoms with Crippen LogP contribution in [0.4, 0.5) is 4.39 Å². The monoisotopic (exact) mass is 321 g/mol. The van der Waals surface area contributed by atoms with Crippen molar-refractivity contribution in [2.75, 3.05) is 26.4 Å². The number of amides is 1. The fraction of sp³-hybridized carbons (Fsp3) is 0.611. The highest BCUT2D eigenvalue weighted by molar-refractivity contribution is 5.79. The van der Waals surface area contributed by atoms with Gasteiger partial charge < -0.3 is 14.8 Å². The lowest BCUT2D eigenvalue weighted by Gasteiger charge is -2.38. The van der Waals surface area contributed by atoms with E-state index in [-0.39, 0.29) is 29.2 Å². The molecule has 0 spiro atoms. The summed E-state index contributed by atoms with van der Waals surface area (Å²) < 4.78 is 24.2. The predicted molar refractivity (Wildman–Crippen MR) is 84.7 cm³/mol. The molecule has 1 aromatic rings. The van der Waals surface area contributed by atoms with Crippen molar-refractivity contribution in [2.24, 2.45) is 5.92 Å². The topological polar surface area (TPSA) is 47.6 Å². The Bertz CT molecular complexity index is 540. The Morgan fingerprint density at radius 1 is 1.26 bits per heavy atom. The summed E-state index contributed by atoms with van der Waals surface area (Å²) >= 11 is 0. The lowest BCUT2D eigenvalue weighted by molar-refractivity contribution is -0.126. The number of ether oxygens (including phenoxy) is 2. The van der Waals surface area contributed by atoms with E-state index in [1.54, 1.807) is 0 Å². The van der Waals surface area contributed by atoms with Crippen molar-refractivity contribution >= 4 is 5.91 Å². The zero-order valence-corrected chi connectivity index (χ0v) is 13.5. The summed E-state index contributed by atoms with van der Waals surface area (Å²) in [4.78, 5) is 12.4. The van der Waals surface area contributed by atoms with Gasteiger partial charge in [0.2, 0.25) is 5.91 Å². The van der Waals surface area contributed by atoms with E-state index in [1.165, 1.54) is 12.1 Å². The van der Waals surface area contributed by atoms with E-state index < -0.39 is 0 Å². The molecule has 126 valence electrons. The summed E-state index contributed by atoms with van der Waals surface area (Å²) in [6, 6.07) is 6.63. The maximum Gasteiger partial charge on any atom is 0.225 e. The van der Waals surface area contributed by atoms with Crippen LogP contribution in [0.25, 0.3) is 0 Å². The molecular weight excluding hydrogens is 297 g/mol. The summed E-state index contributed by atoms with van der Waals surface area (Å²) in [6.45, 7) is 4.48. The molecule has 2 aliphatic heterocycles. The summed E-state index contributed by atoms with van der Waals surface area (Å²) in [6.07, 6.45) is 2.41. The summed E-state index contributed by atoms with van der Waals surface area (Å²) in [5.74, 6) is -0.250. The van der Waals surface area contributed by atoms with Gasteiger partial charge in [0.1, 0.15) is 5.82 Å². The zero-order chi connectivity index (χ0) is 16.3. The number of carbonyl (C=O) groups excluding carboxylic acids is 1. The fourth-order valence-corrected chi connectivity index (χ4v) is 3.60. The van der Waals surface area contributed by atoms with E-state index in [2.05, 4.69) is 5.32 Å². The Labute approximate surface area is 136 Å². The largest absolute Gasteiger partial charge is 0.381 e. The standard InChI is InChI=1S/C18H24FNO3/c1-13-16(6-9-23-13)17(21)20-12-18(7-10-22-11-8-18)14-2-4-15(19)5-3-14/h2-5,13,16H,6-12H2,1H3,(H,20,21)/t13-,16-/m1/s1. The lowest BCUT2D eigenvalue weighted by Crippen LogP contribution is -2.46. The van der Waals surface area contributed by atoms with Gasteiger partial charge in [-0.25, -0.2) is 4.39 Å². The normalized spacial score (nSPS) is 26.9. The molecule has 0 unspecified atom stereocenters. The predicted octanol–water partition coefficient (Wildman–Crippen LogP) is 2.42. The Balaban J connectivity index is 1.72. The SMILES string of the molecule is C[C@H]1OCC[C@H]1C(=O)NCC1(c2ccc(F)cc2)CCOCC1. The molecule has 0 aromatic heterocycles. The fourth-order valence-electron chi connectivity index (χ4n) is 3.60. The van der Waals surface area contributed by atoms with Gasteiger partial charge in [-0.2, -0.15) is 0 Å². The molecule has 3 rings (SSSR count). The van der Waals surface area contributed by atoms with Crippen LogP contribution in [0.2, 0.25) is 0 Å². The highest BCUT2D eigenvalue weighted by Crippen LogP contribution is 2.34. The van der Waals surface area contributed by atoms with Crippen molar-refractivity contribution in [3.8, 4) is 0 Å². The van der Waals surface area contributed by atoms with Crippen molar-refractivity contribution in [3.05, 3.63) is 35.6 Å². The van der Waals surface area contributed by atoms with Crippen LogP contribution in [0.15, 0.2) is 24.3 Å². The molecule has 2 fully saturated rings. The van der Waals surface area contributed by atoms with E-state index in [0.717, 1.165) is 24.8 Å². The average molecular weight is 321 g/mol. The highest BCUT2D eigenvalue weighted by Gasteiger charge is 2.37. The van der Waals surface area contributed by atoms with Crippen LogP contribution in [0.5, 0.6) is 0 Å². The molecular formula is C18H24FNO3. The van der Waals surface area contributed by atoms with E-state index >= 15 is 0 Å². The Morgan fingerprint density at radius 2 is 1.96 bits per heavy atom. The highest BCUT2D eigenvalue weighted by atomic mass is 19.1. The van der Waals surface area contributed by atoms with Crippen LogP contribution in [-0.4, -0.2) is 38.4 Å². The molecule has 1 aromatic carbocycles. The van der Waals surface area contributed by atoms with Gasteiger partial charge in [0.25, 0.3) is 0 Å². The van der Waals surface area contributed by atoms with Crippen LogP contribution < -0.4 is 5.32 Å². The molecule has 0 aliphatic carbocycles. The van der Waals surface area contributed by atoms with E-state index in [0.29, 0.717) is 26.4 Å². The first kappa shape index (κ1) is 16.4. The van der Waals surface area contributed by atoms with Crippen LogP contribution in [0.3, 0.4) is 0 Å². The number of benzene rings is 1. The van der Waals surface area contributed by atoms with Crippen LogP contribution in [-0.2, 0) is 19.7 Å². The molecule has 5 heteroatoms. The molecule has 2 saturated heterocycles. The van der Waals surface area contributed by atoms with Crippen LogP contribution in [0, 0.1) is 11.7 Å². The number of rotatable bonds is 4. The summed E-state index contributed by atoms with van der Waals surface area (Å²) in [5, 5.41) is 3.11. The number of halogens is 1. The minimum atomic E-state index is -0.239. The van der Waals surface area contributed by atoms with Gasteiger partial charge in [0.15, 0.2) is 0 Å². The molecule has 4 nitrogen and oxygen atoms in total. The number of nitrogens with one attached hydrogen (secondary N) is 1. The quantitative estimate of drug-likeness (QED) is 0.926. The van der Waals surface area contributed by atoms with Crippen LogP contribution in [0.1, 0.15) is 31.7 Å². The first-order valence-corrected chi connectivity index (χ1v) is 8.34. The third-order valence-corrected chi connectivity index (χ3v) is 5.22. The molecule has 2 aliphatic rings. The van der Waals surface area contributed by atoms with E-state index in [9.17, 15) is 9.18 Å². The maximum atomic E-state index is 13.2. The Hall–Kier alpha value is -1.46. The third kappa shape index (κ3) is 3.56. The van der Waals surface area contributed by atoms with Gasteiger partial charge in [-0.15, -0.1) is 0 Å². The van der Waals surface area contributed by atoms with Crippen molar-refractivity contribution in [1.29, 1.82) is 0 Å². The molecule has 23 heavy (non-hydrogen) atoms. The number of hydrogen-bond acceptors (Lipinski definition) is 3. The van der Waals surface area contributed by atoms with Gasteiger partial charge in [0, 0.05) is 31.8 Å². The Kier molecular flexibility index (Phi) is 4.97. The van der Waals surface area contributed by atoms with Crippen molar-refractivity contribution in [3.63, 3.8) is 0 Å². The van der Waals surface area contributed by atoms with E-state index in [1.807, 2.05) is 19.1 Å². The van der Waals surface area contributed by atoms with Gasteiger partial charge in [-0.3, -0.25) is 4.79 Å². The van der Waals surface area contributed by atoms with Gasteiger partial charge >= 0.3 is 0 Å². The van der Waals surface area contributed by atoms with Gasteiger partial charge in [-0.05, 0) is 43.9 Å². The minimum absolute atomic E-state index is 0.0218. The van der Waals surface area contributed by atoms with Gasteiger partial charge in [0.05, 0.1) is 12.0 Å². The molecule has 1 N–H and O–H groups in total. The zero-order valence-electron chi connectivity index (χ0n) is 13.5. The second kappa shape index (κ2) is 6.97. The first-order valence-electron chi connectivity index (χ1n) is 8.34. The lowest BCUT2D eigenvalue weighted by atomic mass is 9.74. The van der Waals surface area contributed by atoms with E-state index in [4.69, 9.17) is 9.47 Å². The van der Waals surface area contributed by atoms with Crippen molar-refractivity contribution in [2.45, 2.75) is 37.7 Å². The second-order valence-corrected chi connectivity index (χ2v) is 6.59. The summed E-state index contributed by atoms with van der Waals surface area (Å²) in [7, 11) is 0. The molecule has 1 amide bonds. The average Bonchev–Trinajstić information content (AvgIpc) is 3.00. The van der Waals surface area contributed by atoms with Crippen LogP contribution >= 0.6 is 0 Å².